The second-order valence-electron chi connectivity index (χ2n) is 3.07. The molecule has 0 bridgehead atoms. The van der Waals surface area contributed by atoms with E-state index in [0.29, 0.717) is 0 Å². The molecule has 0 aromatic rings. The molecule has 100 valence electrons. The van der Waals surface area contributed by atoms with Crippen molar-refractivity contribution in [3.63, 3.8) is 0 Å². The molecule has 0 saturated carbocycles. The molecule has 0 fully saturated rings. The minimum Gasteiger partial charge on any atom is -1.00 e. The first-order valence-electron chi connectivity index (χ1n) is 4.42. The van der Waals surface area contributed by atoms with Gasteiger partial charge in [-0.05, 0) is 0 Å². The van der Waals surface area contributed by atoms with Crippen molar-refractivity contribution in [2.24, 2.45) is 0 Å². The van der Waals surface area contributed by atoms with E-state index in [1.54, 1.807) is 0 Å². The summed E-state index contributed by atoms with van der Waals surface area (Å²) in [4.78, 5) is 40.5. The molecule has 0 aromatic carbocycles. The molecule has 0 unspecified atom stereocenters. The number of rotatable bonds is 9. The van der Waals surface area contributed by atoms with Gasteiger partial charge in [0.2, 0.25) is 5.60 Å². The smallest absolute Gasteiger partial charge is 1.00 e. The first-order chi connectivity index (χ1) is 7.84. The Morgan fingerprint density at radius 2 is 1.50 bits per heavy atom. The first kappa shape index (κ1) is 19.6. The average molecular weight is 276 g/mol. The molecule has 4 N–H and O–H groups in total. The maximum absolute atomic E-state index is 10.9. The summed E-state index contributed by atoms with van der Waals surface area (Å²) >= 11 is 0. The van der Waals surface area contributed by atoms with E-state index < -0.39 is 49.6 Å². The monoisotopic (exact) mass is 276 g/mol. The number of aliphatic hydroxyl groups is 1. The Labute approximate surface area is 125 Å². The van der Waals surface area contributed by atoms with Crippen LogP contribution in [0.2, 0.25) is 0 Å². The molecule has 0 atom stereocenters. The predicted octanol–water partition coefficient (Wildman–Crippen LogP) is -4.18. The standard InChI is InChI=1S/C8H12O9.Na.H/c9-1-2-16-17-8(7(14)15,3-5(10)11)4-6(12)13;;/h9H,1-4H2,(H,10,11)(H,12,13)(H,14,15);;/q;+1;-1. The molecule has 0 aliphatic carbocycles. The Kier molecular flexibility index (Phi) is 10.1. The summed E-state index contributed by atoms with van der Waals surface area (Å²) in [6.07, 6.45) is -2.17. The minimum atomic E-state index is -2.52. The molecule has 0 aliphatic rings. The van der Waals surface area contributed by atoms with Crippen molar-refractivity contribution in [1.29, 1.82) is 0 Å². The van der Waals surface area contributed by atoms with Gasteiger partial charge in [0.25, 0.3) is 0 Å². The number of hydrogen-bond acceptors (Lipinski definition) is 6. The van der Waals surface area contributed by atoms with Gasteiger partial charge in [-0.1, -0.05) is 0 Å². The first-order valence-corrected chi connectivity index (χ1v) is 4.42. The van der Waals surface area contributed by atoms with Crippen LogP contribution in [0.15, 0.2) is 0 Å². The molecule has 9 nitrogen and oxygen atoms in total. The second kappa shape index (κ2) is 9.25. The zero-order chi connectivity index (χ0) is 13.5. The number of aliphatic hydroxyl groups excluding tert-OH is 1. The third-order valence-electron chi connectivity index (χ3n) is 1.66. The van der Waals surface area contributed by atoms with Crippen LogP contribution in [0.4, 0.5) is 0 Å². The van der Waals surface area contributed by atoms with Gasteiger partial charge in [0.15, 0.2) is 0 Å². The Morgan fingerprint density at radius 3 is 1.78 bits per heavy atom. The van der Waals surface area contributed by atoms with Gasteiger partial charge in [0.1, 0.15) is 6.61 Å². The van der Waals surface area contributed by atoms with Crippen molar-refractivity contribution in [1.82, 2.24) is 0 Å². The van der Waals surface area contributed by atoms with Crippen molar-refractivity contribution >= 4 is 17.9 Å². The Morgan fingerprint density at radius 1 is 1.06 bits per heavy atom. The summed E-state index contributed by atoms with van der Waals surface area (Å²) in [5.74, 6) is -4.89. The van der Waals surface area contributed by atoms with Crippen molar-refractivity contribution in [3.8, 4) is 0 Å². The van der Waals surface area contributed by atoms with Crippen LogP contribution in [-0.2, 0) is 24.2 Å². The Hall–Kier alpha value is -0.710. The molecule has 0 aliphatic heterocycles. The van der Waals surface area contributed by atoms with Gasteiger partial charge in [-0.25, -0.2) is 14.6 Å². The summed E-state index contributed by atoms with van der Waals surface area (Å²) < 4.78 is 0. The Bertz CT molecular complexity index is 293. The van der Waals surface area contributed by atoms with E-state index in [2.05, 4.69) is 9.78 Å². The fraction of sp³-hybridized carbons (Fsp3) is 0.625. The molecule has 0 rings (SSSR count). The minimum absolute atomic E-state index is 0. The summed E-state index contributed by atoms with van der Waals surface area (Å²) in [5, 5.41) is 34.3. The molecule has 0 spiro atoms. The van der Waals surface area contributed by atoms with Gasteiger partial charge in [0.05, 0.1) is 19.4 Å². The van der Waals surface area contributed by atoms with Crippen LogP contribution in [0.1, 0.15) is 14.3 Å². The topological polar surface area (TPSA) is 151 Å². The second-order valence-corrected chi connectivity index (χ2v) is 3.07. The van der Waals surface area contributed by atoms with Gasteiger partial charge in [0, 0.05) is 0 Å². The molecule has 0 aromatic heterocycles. The van der Waals surface area contributed by atoms with Crippen LogP contribution in [0, 0.1) is 0 Å². The SMILES string of the molecule is O=C(O)CC(CC(=O)O)(OOCCO)C(=O)O.[H-].[Na+]. The molecule has 0 heterocycles. The van der Waals surface area contributed by atoms with Crippen molar-refractivity contribution < 1.29 is 75.6 Å². The average Bonchev–Trinajstić information content (AvgIpc) is 2.15. The van der Waals surface area contributed by atoms with E-state index >= 15 is 0 Å². The maximum atomic E-state index is 10.9. The molecule has 18 heavy (non-hydrogen) atoms. The fourth-order valence-corrected chi connectivity index (χ4v) is 0.989. The molecule has 10 heteroatoms. The summed E-state index contributed by atoms with van der Waals surface area (Å²) in [5.41, 5.74) is -2.52. The molecule has 0 saturated heterocycles. The molecular weight excluding hydrogens is 263 g/mol. The van der Waals surface area contributed by atoms with Crippen molar-refractivity contribution in [2.45, 2.75) is 18.4 Å². The zero-order valence-corrected chi connectivity index (χ0v) is 11.7. The summed E-state index contributed by atoms with van der Waals surface area (Å²) in [7, 11) is 0. The van der Waals surface area contributed by atoms with Gasteiger partial charge < -0.3 is 21.9 Å². The number of aliphatic carboxylic acids is 3. The molecular formula is C8H13NaO9. The molecule has 0 amide bonds. The quantitative estimate of drug-likeness (QED) is 0.142. The van der Waals surface area contributed by atoms with Crippen molar-refractivity contribution in [2.75, 3.05) is 13.2 Å². The van der Waals surface area contributed by atoms with Crippen LogP contribution in [0.3, 0.4) is 0 Å². The van der Waals surface area contributed by atoms with E-state index in [4.69, 9.17) is 20.4 Å². The van der Waals surface area contributed by atoms with Gasteiger partial charge in [-0.3, -0.25) is 9.59 Å². The largest absolute Gasteiger partial charge is 1.00 e. The number of carbonyl (C=O) groups is 3. The number of carboxylic acid groups (broad SMARTS) is 3. The number of hydrogen-bond donors (Lipinski definition) is 4. The number of carboxylic acids is 3. The maximum Gasteiger partial charge on any atom is 1.00 e. The van der Waals surface area contributed by atoms with E-state index in [1.807, 2.05) is 0 Å². The normalized spacial score (nSPS) is 10.5. The van der Waals surface area contributed by atoms with E-state index in [9.17, 15) is 14.4 Å². The van der Waals surface area contributed by atoms with Gasteiger partial charge >= 0.3 is 47.5 Å². The van der Waals surface area contributed by atoms with Gasteiger partial charge in [-0.2, -0.15) is 0 Å². The fourth-order valence-electron chi connectivity index (χ4n) is 0.989. The van der Waals surface area contributed by atoms with Crippen LogP contribution < -0.4 is 29.6 Å². The summed E-state index contributed by atoms with van der Waals surface area (Å²) in [6, 6.07) is 0. The van der Waals surface area contributed by atoms with E-state index in [0.717, 1.165) is 0 Å². The third-order valence-corrected chi connectivity index (χ3v) is 1.66. The van der Waals surface area contributed by atoms with Crippen LogP contribution >= 0.6 is 0 Å². The summed E-state index contributed by atoms with van der Waals surface area (Å²) in [6.45, 7) is -0.899. The van der Waals surface area contributed by atoms with E-state index in [1.165, 1.54) is 0 Å². The third kappa shape index (κ3) is 6.89. The van der Waals surface area contributed by atoms with Crippen LogP contribution in [0.5, 0.6) is 0 Å². The van der Waals surface area contributed by atoms with Crippen molar-refractivity contribution in [3.05, 3.63) is 0 Å². The van der Waals surface area contributed by atoms with Crippen LogP contribution in [0.25, 0.3) is 0 Å². The van der Waals surface area contributed by atoms with Crippen LogP contribution in [-0.4, -0.2) is 57.1 Å². The van der Waals surface area contributed by atoms with E-state index in [-0.39, 0.29) is 31.0 Å². The molecule has 0 radical (unpaired) electrons. The predicted molar refractivity (Wildman–Crippen MR) is 50.1 cm³/mol. The Balaban J connectivity index is -0.00000128. The van der Waals surface area contributed by atoms with Gasteiger partial charge in [-0.15, -0.1) is 0 Å². The zero-order valence-electron chi connectivity index (χ0n) is 10.7.